The topological polar surface area (TPSA) is 21.3 Å². The Morgan fingerprint density at radius 2 is 2.19 bits per heavy atom. The van der Waals surface area contributed by atoms with Gasteiger partial charge in [0.1, 0.15) is 0 Å². The molecule has 2 heteroatoms. The number of anilines is 1. The molecule has 0 bridgehead atoms. The van der Waals surface area contributed by atoms with Crippen LogP contribution in [0.15, 0.2) is 24.3 Å². The minimum absolute atomic E-state index is 0.659. The summed E-state index contributed by atoms with van der Waals surface area (Å²) in [5.74, 6) is 0. The summed E-state index contributed by atoms with van der Waals surface area (Å²) in [6, 6.07) is 9.31. The Labute approximate surface area is 98.0 Å². The van der Waals surface area contributed by atoms with Crippen LogP contribution in [-0.4, -0.2) is 19.8 Å². The molecule has 0 radical (unpaired) electrons. The van der Waals surface area contributed by atoms with Crippen LogP contribution in [0.1, 0.15) is 31.2 Å². The van der Waals surface area contributed by atoms with E-state index in [1.54, 1.807) is 7.11 Å². The molecule has 0 amide bonds. The molecule has 0 aromatic heterocycles. The van der Waals surface area contributed by atoms with E-state index in [-0.39, 0.29) is 0 Å². The van der Waals surface area contributed by atoms with Crippen molar-refractivity contribution in [2.75, 3.05) is 19.0 Å². The van der Waals surface area contributed by atoms with Crippen LogP contribution >= 0.6 is 0 Å². The number of rotatable bonds is 5. The van der Waals surface area contributed by atoms with Gasteiger partial charge in [0.2, 0.25) is 0 Å². The van der Waals surface area contributed by atoms with E-state index in [4.69, 9.17) is 4.74 Å². The zero-order valence-electron chi connectivity index (χ0n) is 10.0. The Kier molecular flexibility index (Phi) is 4.23. The molecule has 0 saturated heterocycles. The second kappa shape index (κ2) is 5.90. The molecule has 16 heavy (non-hydrogen) atoms. The summed E-state index contributed by atoms with van der Waals surface area (Å²) in [4.78, 5) is 0. The minimum Gasteiger partial charge on any atom is -0.385 e. The van der Waals surface area contributed by atoms with Gasteiger partial charge in [-0.15, -0.1) is 0 Å². The van der Waals surface area contributed by atoms with Gasteiger partial charge < -0.3 is 10.1 Å². The van der Waals surface area contributed by atoms with E-state index in [0.717, 1.165) is 6.61 Å². The van der Waals surface area contributed by atoms with Gasteiger partial charge in [-0.3, -0.25) is 0 Å². The van der Waals surface area contributed by atoms with Crippen molar-refractivity contribution in [1.29, 1.82) is 0 Å². The molecular weight excluding hydrogens is 198 g/mol. The molecule has 0 saturated carbocycles. The van der Waals surface area contributed by atoms with Gasteiger partial charge in [0.15, 0.2) is 0 Å². The highest BCUT2D eigenvalue weighted by atomic mass is 16.5. The fraction of sp³-hybridized carbons (Fsp3) is 0.571. The summed E-state index contributed by atoms with van der Waals surface area (Å²) in [6.45, 7) is 0.892. The summed E-state index contributed by atoms with van der Waals surface area (Å²) in [5, 5.41) is 3.63. The maximum Gasteiger partial charge on any atom is 0.0462 e. The molecule has 1 unspecified atom stereocenters. The van der Waals surface area contributed by atoms with E-state index in [0.29, 0.717) is 6.04 Å². The lowest BCUT2D eigenvalue weighted by molar-refractivity contribution is 0.191. The van der Waals surface area contributed by atoms with Gasteiger partial charge >= 0.3 is 0 Å². The van der Waals surface area contributed by atoms with Gasteiger partial charge in [0, 0.05) is 25.4 Å². The van der Waals surface area contributed by atoms with Crippen molar-refractivity contribution in [2.24, 2.45) is 0 Å². The number of fused-ring (bicyclic) bond motifs is 1. The van der Waals surface area contributed by atoms with Crippen LogP contribution < -0.4 is 5.32 Å². The second-order valence-corrected chi connectivity index (χ2v) is 4.53. The Bertz CT molecular complexity index is 324. The van der Waals surface area contributed by atoms with E-state index in [1.165, 1.54) is 43.4 Å². The van der Waals surface area contributed by atoms with Crippen LogP contribution in [0.2, 0.25) is 0 Å². The predicted molar refractivity (Wildman–Crippen MR) is 67.9 cm³/mol. The van der Waals surface area contributed by atoms with E-state index >= 15 is 0 Å². The van der Waals surface area contributed by atoms with Crippen molar-refractivity contribution in [3.05, 3.63) is 29.8 Å². The number of para-hydroxylation sites is 1. The van der Waals surface area contributed by atoms with Crippen LogP contribution in [0.5, 0.6) is 0 Å². The first-order valence-corrected chi connectivity index (χ1v) is 6.23. The quantitative estimate of drug-likeness (QED) is 0.768. The lowest BCUT2D eigenvalue weighted by Gasteiger charge is -2.27. The molecule has 0 aliphatic carbocycles. The van der Waals surface area contributed by atoms with Crippen molar-refractivity contribution in [3.63, 3.8) is 0 Å². The number of hydrogen-bond donors (Lipinski definition) is 1. The number of nitrogens with one attached hydrogen (secondary N) is 1. The SMILES string of the molecule is COCCCCC1CCc2ccccc2N1. The number of unbranched alkanes of at least 4 members (excludes halogenated alkanes) is 1. The van der Waals surface area contributed by atoms with Crippen LogP contribution in [0.3, 0.4) is 0 Å². The van der Waals surface area contributed by atoms with E-state index < -0.39 is 0 Å². The average Bonchev–Trinajstić information content (AvgIpc) is 2.34. The normalized spacial score (nSPS) is 18.9. The van der Waals surface area contributed by atoms with Gasteiger partial charge in [0.05, 0.1) is 0 Å². The second-order valence-electron chi connectivity index (χ2n) is 4.53. The molecule has 1 N–H and O–H groups in total. The number of methoxy groups -OCH3 is 1. The fourth-order valence-corrected chi connectivity index (χ4v) is 2.35. The zero-order valence-corrected chi connectivity index (χ0v) is 10.0. The van der Waals surface area contributed by atoms with E-state index in [2.05, 4.69) is 29.6 Å². The fourth-order valence-electron chi connectivity index (χ4n) is 2.35. The molecule has 1 aliphatic heterocycles. The molecule has 1 aromatic rings. The van der Waals surface area contributed by atoms with Gasteiger partial charge in [-0.25, -0.2) is 0 Å². The smallest absolute Gasteiger partial charge is 0.0462 e. The first kappa shape index (κ1) is 11.5. The third-order valence-electron chi connectivity index (χ3n) is 3.29. The van der Waals surface area contributed by atoms with Gasteiger partial charge in [-0.05, 0) is 43.7 Å². The van der Waals surface area contributed by atoms with Crippen LogP contribution in [-0.2, 0) is 11.2 Å². The maximum absolute atomic E-state index is 5.07. The lowest BCUT2D eigenvalue weighted by atomic mass is 9.95. The summed E-state index contributed by atoms with van der Waals surface area (Å²) in [6.07, 6.45) is 6.18. The number of aryl methyl sites for hydroxylation is 1. The molecule has 88 valence electrons. The first-order valence-electron chi connectivity index (χ1n) is 6.23. The van der Waals surface area contributed by atoms with E-state index in [1.807, 2.05) is 0 Å². The third kappa shape index (κ3) is 2.99. The molecule has 1 heterocycles. The van der Waals surface area contributed by atoms with Gasteiger partial charge in [0.25, 0.3) is 0 Å². The Morgan fingerprint density at radius 3 is 3.06 bits per heavy atom. The molecule has 2 nitrogen and oxygen atoms in total. The summed E-state index contributed by atoms with van der Waals surface area (Å²) >= 11 is 0. The molecule has 1 aliphatic rings. The largest absolute Gasteiger partial charge is 0.385 e. The van der Waals surface area contributed by atoms with E-state index in [9.17, 15) is 0 Å². The zero-order chi connectivity index (χ0) is 11.2. The van der Waals surface area contributed by atoms with Crippen molar-refractivity contribution in [3.8, 4) is 0 Å². The highest BCUT2D eigenvalue weighted by Gasteiger charge is 2.16. The lowest BCUT2D eigenvalue weighted by Crippen LogP contribution is -2.25. The number of hydrogen-bond acceptors (Lipinski definition) is 2. The average molecular weight is 219 g/mol. The molecule has 1 aromatic carbocycles. The van der Waals surface area contributed by atoms with Crippen LogP contribution in [0, 0.1) is 0 Å². The van der Waals surface area contributed by atoms with Crippen LogP contribution in [0.4, 0.5) is 5.69 Å². The molecule has 1 atom stereocenters. The Balaban J connectivity index is 1.79. The highest BCUT2D eigenvalue weighted by Crippen LogP contribution is 2.26. The molecule has 2 rings (SSSR count). The summed E-state index contributed by atoms with van der Waals surface area (Å²) < 4.78 is 5.07. The standard InChI is InChI=1S/C14H21NO/c1-16-11-5-4-7-13-10-9-12-6-2-3-8-14(12)15-13/h2-3,6,8,13,15H,4-5,7,9-11H2,1H3. The van der Waals surface area contributed by atoms with Crippen LogP contribution in [0.25, 0.3) is 0 Å². The van der Waals surface area contributed by atoms with Crippen molar-refractivity contribution >= 4 is 5.69 Å². The molecular formula is C14H21NO. The predicted octanol–water partition coefficient (Wildman–Crippen LogP) is 3.23. The maximum atomic E-state index is 5.07. The van der Waals surface area contributed by atoms with Crippen molar-refractivity contribution in [2.45, 2.75) is 38.1 Å². The summed E-state index contributed by atoms with van der Waals surface area (Å²) in [5.41, 5.74) is 2.81. The summed E-state index contributed by atoms with van der Waals surface area (Å²) in [7, 11) is 1.77. The molecule has 0 fully saturated rings. The first-order chi connectivity index (χ1) is 7.90. The Morgan fingerprint density at radius 1 is 1.31 bits per heavy atom. The monoisotopic (exact) mass is 219 g/mol. The minimum atomic E-state index is 0.659. The number of benzene rings is 1. The van der Waals surface area contributed by atoms with Crippen molar-refractivity contribution < 1.29 is 4.74 Å². The van der Waals surface area contributed by atoms with Crippen molar-refractivity contribution in [1.82, 2.24) is 0 Å². The molecule has 0 spiro atoms. The van der Waals surface area contributed by atoms with Gasteiger partial charge in [-0.1, -0.05) is 18.2 Å². The highest BCUT2D eigenvalue weighted by molar-refractivity contribution is 5.53. The van der Waals surface area contributed by atoms with Gasteiger partial charge in [-0.2, -0.15) is 0 Å². The third-order valence-corrected chi connectivity index (χ3v) is 3.29. The Hall–Kier alpha value is -1.02. The number of ether oxygens (including phenoxy) is 1.